The summed E-state index contributed by atoms with van der Waals surface area (Å²) >= 11 is 0. The van der Waals surface area contributed by atoms with Gasteiger partial charge in [-0.1, -0.05) is 18.2 Å². The van der Waals surface area contributed by atoms with Crippen LogP contribution in [0.15, 0.2) is 61.1 Å². The Morgan fingerprint density at radius 3 is 2.64 bits per heavy atom. The number of carbonyl (C=O) groups excluding carboxylic acids is 1. The molecule has 0 unspecified atom stereocenters. The van der Waals surface area contributed by atoms with Gasteiger partial charge in [0.15, 0.2) is 0 Å². The second kappa shape index (κ2) is 9.55. The Kier molecular flexibility index (Phi) is 6.62. The first-order valence-corrected chi connectivity index (χ1v) is 9.08. The molecule has 1 aromatic carbocycles. The van der Waals surface area contributed by atoms with Crippen molar-refractivity contribution in [1.82, 2.24) is 20.3 Å². The summed E-state index contributed by atoms with van der Waals surface area (Å²) in [6, 6.07) is 12.0. The largest absolute Gasteiger partial charge is 0.350 e. The molecule has 3 aromatic rings. The average Bonchev–Trinajstić information content (AvgIpc) is 2.74. The van der Waals surface area contributed by atoms with Gasteiger partial charge in [0, 0.05) is 38.7 Å². The highest BCUT2D eigenvalue weighted by Gasteiger charge is 2.11. The summed E-state index contributed by atoms with van der Waals surface area (Å²) in [6.45, 7) is 1.04. The first-order valence-electron chi connectivity index (χ1n) is 9.08. The van der Waals surface area contributed by atoms with E-state index in [2.05, 4.69) is 20.3 Å². The number of hydrogen-bond acceptors (Lipinski definition) is 5. The minimum Gasteiger partial charge on any atom is -0.350 e. The van der Waals surface area contributed by atoms with Gasteiger partial charge in [-0.2, -0.15) is 0 Å². The maximum atomic E-state index is 13.6. The summed E-state index contributed by atoms with van der Waals surface area (Å²) in [5.41, 5.74) is 2.03. The quantitative estimate of drug-likeness (QED) is 0.652. The summed E-state index contributed by atoms with van der Waals surface area (Å²) in [6.07, 6.45) is 6.33. The number of carbonyl (C=O) groups is 1. The molecule has 0 radical (unpaired) electrons. The number of benzene rings is 1. The van der Waals surface area contributed by atoms with Crippen molar-refractivity contribution in [3.63, 3.8) is 0 Å². The predicted molar refractivity (Wildman–Crippen MR) is 106 cm³/mol. The molecule has 0 aliphatic heterocycles. The van der Waals surface area contributed by atoms with Crippen LogP contribution in [-0.4, -0.2) is 41.0 Å². The van der Waals surface area contributed by atoms with Crippen LogP contribution in [0.5, 0.6) is 0 Å². The van der Waals surface area contributed by atoms with Gasteiger partial charge < -0.3 is 10.2 Å². The van der Waals surface area contributed by atoms with Gasteiger partial charge in [-0.05, 0) is 48.2 Å². The van der Waals surface area contributed by atoms with Crippen LogP contribution in [0.1, 0.15) is 21.6 Å². The van der Waals surface area contributed by atoms with Crippen molar-refractivity contribution in [3.05, 3.63) is 83.7 Å². The molecule has 0 atom stereocenters. The van der Waals surface area contributed by atoms with Crippen molar-refractivity contribution >= 4 is 11.9 Å². The molecule has 0 aliphatic rings. The number of nitrogens with one attached hydrogen (secondary N) is 1. The molecule has 0 saturated heterocycles. The van der Waals surface area contributed by atoms with Crippen molar-refractivity contribution < 1.29 is 9.18 Å². The number of likely N-dealkylation sites (N-methyl/N-ethyl adjacent to an activating group) is 1. The highest BCUT2D eigenvalue weighted by atomic mass is 19.1. The Balaban J connectivity index is 1.54. The molecular weight excluding hydrogens is 357 g/mol. The number of anilines is 1. The number of nitrogens with zero attached hydrogens (tertiary/aromatic N) is 4. The Bertz CT molecular complexity index is 919. The van der Waals surface area contributed by atoms with Gasteiger partial charge >= 0.3 is 0 Å². The van der Waals surface area contributed by atoms with E-state index in [0.29, 0.717) is 31.0 Å². The number of halogens is 1. The lowest BCUT2D eigenvalue weighted by molar-refractivity contribution is 0.0949. The van der Waals surface area contributed by atoms with Crippen molar-refractivity contribution in [1.29, 1.82) is 0 Å². The topological polar surface area (TPSA) is 71.0 Å². The Labute approximate surface area is 163 Å². The van der Waals surface area contributed by atoms with E-state index in [1.54, 1.807) is 42.9 Å². The Hall–Kier alpha value is -3.35. The van der Waals surface area contributed by atoms with E-state index in [9.17, 15) is 9.18 Å². The second-order valence-electron chi connectivity index (χ2n) is 6.37. The van der Waals surface area contributed by atoms with Gasteiger partial charge in [0.25, 0.3) is 5.91 Å². The molecule has 1 amide bonds. The van der Waals surface area contributed by atoms with E-state index in [-0.39, 0.29) is 17.4 Å². The van der Waals surface area contributed by atoms with E-state index in [4.69, 9.17) is 0 Å². The lowest BCUT2D eigenvalue weighted by Gasteiger charge is -2.17. The fourth-order valence-corrected chi connectivity index (χ4v) is 2.71. The summed E-state index contributed by atoms with van der Waals surface area (Å²) in [5.74, 6) is -0.0878. The Morgan fingerprint density at radius 2 is 1.86 bits per heavy atom. The average molecular weight is 379 g/mol. The van der Waals surface area contributed by atoms with E-state index < -0.39 is 0 Å². The zero-order chi connectivity index (χ0) is 19.8. The third-order valence-corrected chi connectivity index (χ3v) is 4.34. The molecule has 2 heterocycles. The zero-order valence-corrected chi connectivity index (χ0v) is 15.7. The molecular formula is C21H22FN5O. The van der Waals surface area contributed by atoms with Gasteiger partial charge in [-0.25, -0.2) is 14.4 Å². The van der Waals surface area contributed by atoms with E-state index in [1.807, 2.05) is 24.1 Å². The van der Waals surface area contributed by atoms with Crippen LogP contribution in [0.25, 0.3) is 0 Å². The second-order valence-corrected chi connectivity index (χ2v) is 6.37. The van der Waals surface area contributed by atoms with Crippen molar-refractivity contribution in [2.24, 2.45) is 0 Å². The summed E-state index contributed by atoms with van der Waals surface area (Å²) in [7, 11) is 1.89. The minimum atomic E-state index is -0.303. The van der Waals surface area contributed by atoms with Crippen LogP contribution in [0.3, 0.4) is 0 Å². The molecule has 0 spiro atoms. The molecule has 2 aromatic heterocycles. The fraction of sp³-hybridized carbons (Fsp3) is 0.238. The zero-order valence-electron chi connectivity index (χ0n) is 15.7. The van der Waals surface area contributed by atoms with Crippen LogP contribution in [0.4, 0.5) is 10.3 Å². The minimum absolute atomic E-state index is 0.267. The van der Waals surface area contributed by atoms with Gasteiger partial charge in [-0.3, -0.25) is 9.78 Å². The number of pyridine rings is 1. The number of amides is 1. The number of rotatable bonds is 8. The maximum Gasteiger partial charge on any atom is 0.270 e. The SMILES string of the molecule is CN(CCc1ccncc1)c1nccc(C(=O)NCCc2ccccc2F)n1. The van der Waals surface area contributed by atoms with Gasteiger partial charge in [0.1, 0.15) is 11.5 Å². The first-order chi connectivity index (χ1) is 13.6. The monoisotopic (exact) mass is 379 g/mol. The first kappa shape index (κ1) is 19.4. The van der Waals surface area contributed by atoms with Crippen LogP contribution < -0.4 is 10.2 Å². The number of aromatic nitrogens is 3. The summed E-state index contributed by atoms with van der Waals surface area (Å²) in [5, 5.41) is 2.78. The van der Waals surface area contributed by atoms with Gasteiger partial charge in [-0.15, -0.1) is 0 Å². The van der Waals surface area contributed by atoms with Crippen molar-refractivity contribution in [2.75, 3.05) is 25.0 Å². The van der Waals surface area contributed by atoms with E-state index in [1.165, 1.54) is 11.6 Å². The molecule has 28 heavy (non-hydrogen) atoms. The predicted octanol–water partition coefficient (Wildman–Crippen LogP) is 2.66. The third kappa shape index (κ3) is 5.33. The highest BCUT2D eigenvalue weighted by Crippen LogP contribution is 2.09. The molecule has 0 aliphatic carbocycles. The summed E-state index contributed by atoms with van der Waals surface area (Å²) in [4.78, 5) is 26.9. The fourth-order valence-electron chi connectivity index (χ4n) is 2.71. The smallest absolute Gasteiger partial charge is 0.270 e. The van der Waals surface area contributed by atoms with Gasteiger partial charge in [0.2, 0.25) is 5.95 Å². The lowest BCUT2D eigenvalue weighted by atomic mass is 10.1. The number of hydrogen-bond donors (Lipinski definition) is 1. The Morgan fingerprint density at radius 1 is 1.07 bits per heavy atom. The maximum absolute atomic E-state index is 13.6. The van der Waals surface area contributed by atoms with Crippen LogP contribution in [0.2, 0.25) is 0 Å². The van der Waals surface area contributed by atoms with Gasteiger partial charge in [0.05, 0.1) is 0 Å². The van der Waals surface area contributed by atoms with Crippen LogP contribution in [-0.2, 0) is 12.8 Å². The molecule has 7 heteroatoms. The normalized spacial score (nSPS) is 10.5. The van der Waals surface area contributed by atoms with Crippen molar-refractivity contribution in [2.45, 2.75) is 12.8 Å². The highest BCUT2D eigenvalue weighted by molar-refractivity contribution is 5.92. The van der Waals surface area contributed by atoms with Crippen molar-refractivity contribution in [3.8, 4) is 0 Å². The van der Waals surface area contributed by atoms with Crippen LogP contribution >= 0.6 is 0 Å². The van der Waals surface area contributed by atoms with E-state index >= 15 is 0 Å². The summed E-state index contributed by atoms with van der Waals surface area (Å²) < 4.78 is 13.6. The lowest BCUT2D eigenvalue weighted by Crippen LogP contribution is -2.28. The molecule has 6 nitrogen and oxygen atoms in total. The molecule has 3 rings (SSSR count). The molecule has 0 fully saturated rings. The molecule has 0 saturated carbocycles. The molecule has 1 N–H and O–H groups in total. The molecule has 0 bridgehead atoms. The third-order valence-electron chi connectivity index (χ3n) is 4.34. The van der Waals surface area contributed by atoms with Crippen LogP contribution in [0, 0.1) is 5.82 Å². The van der Waals surface area contributed by atoms with E-state index in [0.717, 1.165) is 6.42 Å². The standard InChI is InChI=1S/C21H22FN5O/c1-27(15-10-16-6-11-23-12-7-16)21-25-14-9-19(26-21)20(28)24-13-8-17-4-2-3-5-18(17)22/h2-7,9,11-12,14H,8,10,13,15H2,1H3,(H,24,28). The molecule has 144 valence electrons.